The first-order valence-electron chi connectivity index (χ1n) is 8.58. The number of nitrogens with zero attached hydrogens (tertiary/aromatic N) is 1. The van der Waals surface area contributed by atoms with Crippen molar-refractivity contribution < 1.29 is 25.8 Å². The highest BCUT2D eigenvalue weighted by atomic mass is 19.4. The summed E-state index contributed by atoms with van der Waals surface area (Å²) in [5.41, 5.74) is -4.87. The molecule has 0 spiro atoms. The molecular weight excluding hydrogens is 335 g/mol. The van der Waals surface area contributed by atoms with Crippen LogP contribution in [0.1, 0.15) is 40.7 Å². The normalized spacial score (nSPS) is 26.3. The number of alkyl halides is 3. The highest BCUT2D eigenvalue weighted by Gasteiger charge is 2.54. The lowest BCUT2D eigenvalue weighted by Crippen LogP contribution is -2.60. The Kier molecular flexibility index (Phi) is 3.22. The van der Waals surface area contributed by atoms with Crippen LogP contribution in [0.25, 0.3) is 0 Å². The standard InChI is InChI=1S/C18H18F3NO3/c1-16(2)17(3,24)15(22-9-5-4-6-14(22)23)12-10-11(18(19,20)21)7-8-13(12)25-16/h4-10,15,24H,1-3H3/i4T,9T. The van der Waals surface area contributed by atoms with E-state index in [-0.39, 0.29) is 23.5 Å². The Morgan fingerprint density at radius 2 is 1.96 bits per heavy atom. The third-order valence-electron chi connectivity index (χ3n) is 4.74. The predicted octanol–water partition coefficient (Wildman–Crippen LogP) is 3.38. The molecule has 3 rings (SSSR count). The van der Waals surface area contributed by atoms with Crippen LogP contribution in [0.2, 0.25) is 0 Å². The second-order valence-corrected chi connectivity index (χ2v) is 6.71. The quantitative estimate of drug-likeness (QED) is 0.851. The molecule has 0 radical (unpaired) electrons. The van der Waals surface area contributed by atoms with Crippen LogP contribution in [0.5, 0.6) is 5.75 Å². The zero-order valence-electron chi connectivity index (χ0n) is 15.8. The summed E-state index contributed by atoms with van der Waals surface area (Å²) in [5, 5.41) is 11.2. The van der Waals surface area contributed by atoms with Gasteiger partial charge in [-0.3, -0.25) is 4.79 Å². The van der Waals surface area contributed by atoms with Crippen LogP contribution in [-0.2, 0) is 6.18 Å². The Bertz CT molecular complexity index is 967. The Hall–Kier alpha value is -2.28. The van der Waals surface area contributed by atoms with Crippen molar-refractivity contribution in [3.05, 3.63) is 64.0 Å². The fourth-order valence-electron chi connectivity index (χ4n) is 2.99. The number of hydrogen-bond donors (Lipinski definition) is 1. The number of aromatic nitrogens is 1. The molecule has 1 aliphatic heterocycles. The van der Waals surface area contributed by atoms with Crippen molar-refractivity contribution >= 4 is 0 Å². The van der Waals surface area contributed by atoms with Crippen LogP contribution in [-0.4, -0.2) is 20.9 Å². The van der Waals surface area contributed by atoms with Crippen LogP contribution < -0.4 is 10.3 Å². The number of ether oxygens (including phenoxy) is 1. The molecule has 2 aromatic rings. The molecule has 7 heteroatoms. The van der Waals surface area contributed by atoms with Crippen molar-refractivity contribution in [1.29, 1.82) is 0 Å². The number of pyridine rings is 1. The van der Waals surface area contributed by atoms with E-state index in [1.54, 1.807) is 13.8 Å². The molecule has 25 heavy (non-hydrogen) atoms. The summed E-state index contributed by atoms with van der Waals surface area (Å²) < 4.78 is 61.9. The van der Waals surface area contributed by atoms with Gasteiger partial charge in [0.15, 0.2) is 0 Å². The van der Waals surface area contributed by atoms with Crippen LogP contribution in [0.15, 0.2) is 47.3 Å². The highest BCUT2D eigenvalue weighted by Crippen LogP contribution is 2.48. The molecule has 2 heterocycles. The summed E-state index contributed by atoms with van der Waals surface area (Å²) in [4.78, 5) is 12.5. The average Bonchev–Trinajstić information content (AvgIpc) is 2.48. The van der Waals surface area contributed by atoms with E-state index in [0.717, 1.165) is 34.9 Å². The lowest BCUT2D eigenvalue weighted by molar-refractivity contribution is -0.143. The van der Waals surface area contributed by atoms with Gasteiger partial charge in [0.25, 0.3) is 5.56 Å². The van der Waals surface area contributed by atoms with Gasteiger partial charge < -0.3 is 14.4 Å². The molecule has 0 bridgehead atoms. The Morgan fingerprint density at radius 3 is 2.56 bits per heavy atom. The Balaban J connectivity index is 2.37. The average molecular weight is 357 g/mol. The summed E-state index contributed by atoms with van der Waals surface area (Å²) in [6.45, 7) is 4.45. The number of rotatable bonds is 1. The van der Waals surface area contributed by atoms with Crippen molar-refractivity contribution in [2.24, 2.45) is 0 Å². The molecular formula is C18H18F3NO3. The maximum atomic E-state index is 13.2. The molecule has 0 saturated carbocycles. The van der Waals surface area contributed by atoms with Gasteiger partial charge in [-0.25, -0.2) is 0 Å². The number of halogens is 3. The zero-order chi connectivity index (χ0) is 20.4. The largest absolute Gasteiger partial charge is 0.484 e. The van der Waals surface area contributed by atoms with E-state index in [1.165, 1.54) is 6.92 Å². The van der Waals surface area contributed by atoms with Gasteiger partial charge in [-0.05, 0) is 45.0 Å². The minimum atomic E-state index is -4.63. The van der Waals surface area contributed by atoms with E-state index in [0.29, 0.717) is 0 Å². The summed E-state index contributed by atoms with van der Waals surface area (Å²) in [6.07, 6.45) is -5.02. The van der Waals surface area contributed by atoms with Crippen molar-refractivity contribution in [3.8, 4) is 5.75 Å². The molecule has 2 atom stereocenters. The fourth-order valence-corrected chi connectivity index (χ4v) is 2.99. The zero-order valence-corrected chi connectivity index (χ0v) is 13.8. The molecule has 1 aromatic carbocycles. The molecule has 1 aliphatic rings. The number of benzene rings is 1. The monoisotopic (exact) mass is 357 g/mol. The molecule has 1 N–H and O–H groups in total. The number of hydrogen-bond acceptors (Lipinski definition) is 3. The molecule has 4 nitrogen and oxygen atoms in total. The van der Waals surface area contributed by atoms with Crippen molar-refractivity contribution in [3.63, 3.8) is 0 Å². The van der Waals surface area contributed by atoms with Gasteiger partial charge in [-0.15, -0.1) is 0 Å². The summed E-state index contributed by atoms with van der Waals surface area (Å²) in [5.74, 6) is 0.0887. The first-order chi connectivity index (χ1) is 12.3. The SMILES string of the molecule is [3H]c1cc([3H])n(C2c3cc(C(F)(F)F)ccc3OC(C)(C)C2(C)O)c(=O)c1. The Morgan fingerprint density at radius 1 is 1.28 bits per heavy atom. The van der Waals surface area contributed by atoms with E-state index in [4.69, 9.17) is 7.48 Å². The summed E-state index contributed by atoms with van der Waals surface area (Å²) in [7, 11) is 0. The van der Waals surface area contributed by atoms with Crippen molar-refractivity contribution in [1.82, 2.24) is 4.57 Å². The van der Waals surface area contributed by atoms with Crippen LogP contribution >= 0.6 is 0 Å². The van der Waals surface area contributed by atoms with Gasteiger partial charge in [-0.2, -0.15) is 13.2 Å². The lowest BCUT2D eigenvalue weighted by atomic mass is 9.75. The Labute approximate surface area is 145 Å². The molecule has 0 saturated heterocycles. The molecule has 2 unspecified atom stereocenters. The smallest absolute Gasteiger partial charge is 0.416 e. The van der Waals surface area contributed by atoms with Gasteiger partial charge in [-0.1, -0.05) is 6.04 Å². The van der Waals surface area contributed by atoms with Crippen molar-refractivity contribution in [2.45, 2.75) is 44.2 Å². The van der Waals surface area contributed by atoms with E-state index in [1.807, 2.05) is 0 Å². The molecule has 134 valence electrons. The second-order valence-electron chi connectivity index (χ2n) is 6.71. The third-order valence-corrected chi connectivity index (χ3v) is 4.74. The maximum absolute atomic E-state index is 13.2. The summed E-state index contributed by atoms with van der Waals surface area (Å²) in [6, 6.07) is 3.37. The van der Waals surface area contributed by atoms with Gasteiger partial charge in [0.1, 0.15) is 17.0 Å². The molecule has 1 aromatic heterocycles. The van der Waals surface area contributed by atoms with Crippen LogP contribution in [0.4, 0.5) is 13.2 Å². The topological polar surface area (TPSA) is 51.5 Å². The highest BCUT2D eigenvalue weighted by molar-refractivity contribution is 5.45. The van der Waals surface area contributed by atoms with Gasteiger partial charge in [0.2, 0.25) is 0 Å². The van der Waals surface area contributed by atoms with E-state index in [2.05, 4.69) is 0 Å². The van der Waals surface area contributed by atoms with E-state index in [9.17, 15) is 23.1 Å². The van der Waals surface area contributed by atoms with Crippen LogP contribution in [0.3, 0.4) is 0 Å². The minimum absolute atomic E-state index is 0.0533. The second kappa shape index (κ2) is 5.36. The molecule has 0 amide bonds. The number of aliphatic hydroxyl groups is 1. The fraction of sp³-hybridized carbons (Fsp3) is 0.389. The van der Waals surface area contributed by atoms with Crippen molar-refractivity contribution in [2.75, 3.05) is 0 Å². The van der Waals surface area contributed by atoms with Gasteiger partial charge in [0, 0.05) is 17.8 Å². The maximum Gasteiger partial charge on any atom is 0.416 e. The summed E-state index contributed by atoms with van der Waals surface area (Å²) >= 11 is 0. The number of fused-ring (bicyclic) bond motifs is 1. The van der Waals surface area contributed by atoms with Gasteiger partial charge >= 0.3 is 6.18 Å². The van der Waals surface area contributed by atoms with E-state index >= 15 is 0 Å². The van der Waals surface area contributed by atoms with Gasteiger partial charge in [0.05, 0.1) is 14.3 Å². The lowest BCUT2D eigenvalue weighted by Gasteiger charge is -2.50. The predicted molar refractivity (Wildman–Crippen MR) is 85.6 cm³/mol. The molecule has 0 fully saturated rings. The first-order valence-corrected chi connectivity index (χ1v) is 7.58. The first kappa shape index (κ1) is 15.0. The van der Waals surface area contributed by atoms with E-state index < -0.39 is 34.5 Å². The minimum Gasteiger partial charge on any atom is -0.484 e. The van der Waals surface area contributed by atoms with Crippen LogP contribution in [0, 0.1) is 0 Å². The molecule has 0 aliphatic carbocycles. The third kappa shape index (κ3) is 2.72.